The van der Waals surface area contributed by atoms with Crippen LogP contribution in [0.2, 0.25) is 0 Å². The van der Waals surface area contributed by atoms with E-state index in [1.54, 1.807) is 22.9 Å². The zero-order valence-corrected chi connectivity index (χ0v) is 14.7. The average Bonchev–Trinajstić information content (AvgIpc) is 3.26. The van der Waals surface area contributed by atoms with Gasteiger partial charge in [-0.1, -0.05) is 12.1 Å². The number of anilines is 1. The standard InChI is InChI=1S/C20H17FN4O2/c1-11-9-10-16(27-11)18-17-14(7-4-8-15(17)26)22-20-23-19(24-25(18)20)12-5-2-3-6-13(12)21/h2-3,5-6,9-10,18H,4,7-8H2,1H3,(H,22,23,24). The van der Waals surface area contributed by atoms with E-state index < -0.39 is 6.04 Å². The number of rotatable bonds is 2. The second-order valence-electron chi connectivity index (χ2n) is 6.83. The van der Waals surface area contributed by atoms with Crippen LogP contribution in [0, 0.1) is 12.7 Å². The monoisotopic (exact) mass is 364 g/mol. The van der Waals surface area contributed by atoms with E-state index in [1.165, 1.54) is 6.07 Å². The normalized spacial score (nSPS) is 18.9. The molecule has 0 saturated carbocycles. The summed E-state index contributed by atoms with van der Waals surface area (Å²) in [7, 11) is 0. The van der Waals surface area contributed by atoms with Crippen LogP contribution in [0.25, 0.3) is 11.4 Å². The lowest BCUT2D eigenvalue weighted by molar-refractivity contribution is -0.116. The van der Waals surface area contributed by atoms with Gasteiger partial charge in [-0.3, -0.25) is 4.79 Å². The van der Waals surface area contributed by atoms with Crippen molar-refractivity contribution in [2.45, 2.75) is 32.2 Å². The first-order chi connectivity index (χ1) is 13.1. The van der Waals surface area contributed by atoms with E-state index in [-0.39, 0.29) is 17.4 Å². The van der Waals surface area contributed by atoms with Gasteiger partial charge in [0.05, 0.1) is 5.56 Å². The highest BCUT2D eigenvalue weighted by atomic mass is 19.1. The third-order valence-electron chi connectivity index (χ3n) is 5.01. The van der Waals surface area contributed by atoms with Crippen LogP contribution in [0.5, 0.6) is 0 Å². The van der Waals surface area contributed by atoms with E-state index >= 15 is 0 Å². The molecule has 0 fully saturated rings. The number of carbonyl (C=O) groups is 1. The molecule has 1 unspecified atom stereocenters. The number of aromatic nitrogens is 3. The highest BCUT2D eigenvalue weighted by Gasteiger charge is 2.38. The van der Waals surface area contributed by atoms with Crippen LogP contribution in [0.3, 0.4) is 0 Å². The highest BCUT2D eigenvalue weighted by molar-refractivity contribution is 5.99. The Hall–Kier alpha value is -3.22. The topological polar surface area (TPSA) is 73.0 Å². The Morgan fingerprint density at radius 1 is 1.22 bits per heavy atom. The maximum absolute atomic E-state index is 14.2. The Morgan fingerprint density at radius 2 is 2.07 bits per heavy atom. The van der Waals surface area contributed by atoms with Crippen molar-refractivity contribution in [1.29, 1.82) is 0 Å². The first-order valence-corrected chi connectivity index (χ1v) is 8.93. The minimum Gasteiger partial charge on any atom is -0.464 e. The van der Waals surface area contributed by atoms with Gasteiger partial charge in [0.2, 0.25) is 5.95 Å². The third-order valence-corrected chi connectivity index (χ3v) is 5.01. The summed E-state index contributed by atoms with van der Waals surface area (Å²) in [6.07, 6.45) is 2.06. The fraction of sp³-hybridized carbons (Fsp3) is 0.250. The third kappa shape index (κ3) is 2.50. The minimum atomic E-state index is -0.495. The first kappa shape index (κ1) is 16.0. The summed E-state index contributed by atoms with van der Waals surface area (Å²) in [6.45, 7) is 1.86. The van der Waals surface area contributed by atoms with Gasteiger partial charge < -0.3 is 9.73 Å². The number of benzene rings is 1. The molecular weight excluding hydrogens is 347 g/mol. The molecule has 0 amide bonds. The summed E-state index contributed by atoms with van der Waals surface area (Å²) in [5.41, 5.74) is 1.83. The Kier molecular flexibility index (Phi) is 3.50. The van der Waals surface area contributed by atoms with Crippen molar-refractivity contribution in [2.75, 3.05) is 5.32 Å². The van der Waals surface area contributed by atoms with Gasteiger partial charge >= 0.3 is 0 Å². The van der Waals surface area contributed by atoms with Crippen molar-refractivity contribution in [3.05, 3.63) is 65.0 Å². The molecule has 3 aromatic rings. The second-order valence-corrected chi connectivity index (χ2v) is 6.83. The van der Waals surface area contributed by atoms with Crippen LogP contribution in [0.1, 0.15) is 36.8 Å². The van der Waals surface area contributed by atoms with Crippen molar-refractivity contribution < 1.29 is 13.6 Å². The lowest BCUT2D eigenvalue weighted by Crippen LogP contribution is -2.31. The lowest BCUT2D eigenvalue weighted by Gasteiger charge is -2.30. The Labute approximate surface area is 154 Å². The number of furan rings is 1. The number of carbonyl (C=O) groups excluding carboxylic acids is 1. The Morgan fingerprint density at radius 3 is 2.85 bits per heavy atom. The molecule has 2 aliphatic rings. The molecule has 1 aliphatic carbocycles. The largest absolute Gasteiger partial charge is 0.464 e. The second kappa shape index (κ2) is 5.90. The number of nitrogens with one attached hydrogen (secondary N) is 1. The quantitative estimate of drug-likeness (QED) is 0.744. The molecule has 0 radical (unpaired) electrons. The number of hydrogen-bond donors (Lipinski definition) is 1. The fourth-order valence-electron chi connectivity index (χ4n) is 3.78. The van der Waals surface area contributed by atoms with E-state index in [4.69, 9.17) is 4.42 Å². The average molecular weight is 364 g/mol. The molecule has 27 heavy (non-hydrogen) atoms. The van der Waals surface area contributed by atoms with E-state index in [0.29, 0.717) is 29.3 Å². The molecule has 0 saturated heterocycles. The van der Waals surface area contributed by atoms with Crippen LogP contribution in [-0.4, -0.2) is 20.5 Å². The van der Waals surface area contributed by atoms with Crippen molar-refractivity contribution in [2.24, 2.45) is 0 Å². The van der Waals surface area contributed by atoms with Gasteiger partial charge in [0.1, 0.15) is 23.4 Å². The lowest BCUT2D eigenvalue weighted by atomic mass is 9.88. The van der Waals surface area contributed by atoms with Gasteiger partial charge in [0.25, 0.3) is 0 Å². The summed E-state index contributed by atoms with van der Waals surface area (Å²) in [5, 5.41) is 7.76. The van der Waals surface area contributed by atoms with Crippen molar-refractivity contribution in [3.63, 3.8) is 0 Å². The van der Waals surface area contributed by atoms with Crippen LogP contribution in [0.4, 0.5) is 10.3 Å². The Balaban J connectivity index is 1.69. The zero-order chi connectivity index (χ0) is 18.5. The molecule has 6 nitrogen and oxygen atoms in total. The summed E-state index contributed by atoms with van der Waals surface area (Å²) in [6, 6.07) is 9.60. The number of Topliss-reactive ketones (excluding diaryl/α,β-unsaturated/α-hetero) is 1. The van der Waals surface area contributed by atoms with E-state index in [9.17, 15) is 9.18 Å². The van der Waals surface area contributed by atoms with Crippen molar-refractivity contribution in [3.8, 4) is 11.4 Å². The molecule has 1 N–H and O–H groups in total. The predicted molar refractivity (Wildman–Crippen MR) is 96.5 cm³/mol. The molecule has 7 heteroatoms. The van der Waals surface area contributed by atoms with E-state index in [2.05, 4.69) is 15.4 Å². The zero-order valence-electron chi connectivity index (χ0n) is 14.7. The van der Waals surface area contributed by atoms with Crippen LogP contribution >= 0.6 is 0 Å². The van der Waals surface area contributed by atoms with Gasteiger partial charge in [-0.15, -0.1) is 5.10 Å². The van der Waals surface area contributed by atoms with Crippen molar-refractivity contribution >= 4 is 11.7 Å². The Bertz CT molecular complexity index is 1100. The maximum Gasteiger partial charge on any atom is 0.227 e. The fourth-order valence-corrected chi connectivity index (χ4v) is 3.78. The van der Waals surface area contributed by atoms with Crippen LogP contribution in [0.15, 0.2) is 52.1 Å². The SMILES string of the molecule is Cc1ccc(C2C3=C(CCCC3=O)Nc3nc(-c4ccccc4F)nn32)o1. The number of halogens is 1. The number of fused-ring (bicyclic) bond motifs is 1. The van der Waals surface area contributed by atoms with E-state index in [1.807, 2.05) is 19.1 Å². The van der Waals surface area contributed by atoms with Gasteiger partial charge in [0, 0.05) is 17.7 Å². The van der Waals surface area contributed by atoms with Crippen molar-refractivity contribution in [1.82, 2.24) is 14.8 Å². The first-order valence-electron chi connectivity index (χ1n) is 8.93. The number of aryl methyl sites for hydroxylation is 1. The minimum absolute atomic E-state index is 0.0800. The number of ketones is 1. The molecular formula is C20H17FN4O2. The molecule has 5 rings (SSSR count). The van der Waals surface area contributed by atoms with Gasteiger partial charge in [-0.25, -0.2) is 9.07 Å². The summed E-state index contributed by atoms with van der Waals surface area (Å²) < 4.78 is 21.7. The molecule has 0 bridgehead atoms. The molecule has 1 aromatic carbocycles. The molecule has 0 spiro atoms. The van der Waals surface area contributed by atoms with Gasteiger partial charge in [0.15, 0.2) is 11.6 Å². The van der Waals surface area contributed by atoms with Gasteiger partial charge in [-0.05, 0) is 44.0 Å². The summed E-state index contributed by atoms with van der Waals surface area (Å²) in [5.74, 6) is 1.83. The van der Waals surface area contributed by atoms with Crippen LogP contribution < -0.4 is 5.32 Å². The molecule has 2 aromatic heterocycles. The predicted octanol–water partition coefficient (Wildman–Crippen LogP) is 4.01. The highest BCUT2D eigenvalue weighted by Crippen LogP contribution is 2.41. The van der Waals surface area contributed by atoms with Crippen LogP contribution in [-0.2, 0) is 4.79 Å². The van der Waals surface area contributed by atoms with E-state index in [0.717, 1.165) is 24.3 Å². The maximum atomic E-state index is 14.2. The summed E-state index contributed by atoms with van der Waals surface area (Å²) in [4.78, 5) is 17.2. The molecule has 3 heterocycles. The number of hydrogen-bond acceptors (Lipinski definition) is 5. The number of allylic oxidation sites excluding steroid dienone is 2. The number of nitrogens with zero attached hydrogens (tertiary/aromatic N) is 3. The molecule has 1 aliphatic heterocycles. The van der Waals surface area contributed by atoms with Gasteiger partial charge in [-0.2, -0.15) is 4.98 Å². The summed E-state index contributed by atoms with van der Waals surface area (Å²) >= 11 is 0. The smallest absolute Gasteiger partial charge is 0.227 e. The molecule has 136 valence electrons. The molecule has 1 atom stereocenters.